The monoisotopic (exact) mass is 199 g/mol. The molecule has 0 unspecified atom stereocenters. The Morgan fingerprint density at radius 3 is 2.93 bits per heavy atom. The molecule has 1 heterocycles. The summed E-state index contributed by atoms with van der Waals surface area (Å²) in [6, 6.07) is 0.0920. The van der Waals surface area contributed by atoms with Gasteiger partial charge in [0.2, 0.25) is 0 Å². The first kappa shape index (κ1) is 10.6. The number of carbonyl (C=O) groups is 1. The third-order valence-electron chi connectivity index (χ3n) is 1.39. The van der Waals surface area contributed by atoms with Gasteiger partial charge in [0.05, 0.1) is 6.10 Å². The Kier molecular flexibility index (Phi) is 3.50. The highest BCUT2D eigenvalue weighted by atomic mass is 19.1. The van der Waals surface area contributed by atoms with Crippen molar-refractivity contribution in [1.82, 2.24) is 10.6 Å². The Hall–Kier alpha value is -1.52. The standard InChI is InChI=1S/C9H12FN2O2/c1-6(2)14-9(13)12-8-3-4-11-5-7(8)10/h3-6,11H,1-2H3,(H,12,13). The van der Waals surface area contributed by atoms with Crippen LogP contribution in [-0.4, -0.2) is 12.2 Å². The summed E-state index contributed by atoms with van der Waals surface area (Å²) in [7, 11) is 0. The molecule has 0 bridgehead atoms. The molecule has 1 aliphatic rings. The van der Waals surface area contributed by atoms with E-state index in [1.807, 2.05) is 0 Å². The van der Waals surface area contributed by atoms with E-state index >= 15 is 0 Å². The molecule has 1 rings (SSSR count). The number of amides is 1. The van der Waals surface area contributed by atoms with Gasteiger partial charge in [0.25, 0.3) is 0 Å². The van der Waals surface area contributed by atoms with E-state index in [1.54, 1.807) is 13.8 Å². The highest BCUT2D eigenvalue weighted by molar-refractivity contribution is 5.70. The molecule has 0 spiro atoms. The van der Waals surface area contributed by atoms with Gasteiger partial charge < -0.3 is 15.4 Å². The van der Waals surface area contributed by atoms with Crippen molar-refractivity contribution >= 4 is 6.09 Å². The molecule has 0 saturated heterocycles. The van der Waals surface area contributed by atoms with Crippen LogP contribution < -0.4 is 10.6 Å². The average molecular weight is 199 g/mol. The first-order chi connectivity index (χ1) is 6.59. The van der Waals surface area contributed by atoms with Crippen molar-refractivity contribution in [3.63, 3.8) is 0 Å². The van der Waals surface area contributed by atoms with Crippen LogP contribution in [0.15, 0.2) is 24.3 Å². The Labute approximate surface area is 81.8 Å². The molecule has 0 fully saturated rings. The number of dihydropyridines is 1. The fourth-order valence-corrected chi connectivity index (χ4v) is 0.865. The van der Waals surface area contributed by atoms with E-state index in [0.29, 0.717) is 0 Å². The van der Waals surface area contributed by atoms with E-state index in [1.165, 1.54) is 12.3 Å². The van der Waals surface area contributed by atoms with Crippen LogP contribution in [0.4, 0.5) is 9.18 Å². The normalized spacial score (nSPS) is 16.1. The summed E-state index contributed by atoms with van der Waals surface area (Å²) in [6.07, 6.45) is 3.18. The van der Waals surface area contributed by atoms with Gasteiger partial charge in [0.1, 0.15) is 11.9 Å². The fourth-order valence-electron chi connectivity index (χ4n) is 0.865. The van der Waals surface area contributed by atoms with Gasteiger partial charge in [-0.15, -0.1) is 0 Å². The number of hydrogen-bond acceptors (Lipinski definition) is 3. The van der Waals surface area contributed by atoms with Gasteiger partial charge in [0, 0.05) is 6.20 Å². The van der Waals surface area contributed by atoms with Crippen molar-refractivity contribution < 1.29 is 13.9 Å². The van der Waals surface area contributed by atoms with Crippen LogP contribution >= 0.6 is 0 Å². The first-order valence-electron chi connectivity index (χ1n) is 4.23. The van der Waals surface area contributed by atoms with Crippen LogP contribution in [0, 0.1) is 6.04 Å². The van der Waals surface area contributed by atoms with Crippen LogP contribution in [0.5, 0.6) is 0 Å². The van der Waals surface area contributed by atoms with Crippen LogP contribution in [0.1, 0.15) is 13.8 Å². The highest BCUT2D eigenvalue weighted by Crippen LogP contribution is 2.15. The lowest BCUT2D eigenvalue weighted by Gasteiger charge is -2.16. The Bertz CT molecular complexity index is 274. The largest absolute Gasteiger partial charge is 0.447 e. The highest BCUT2D eigenvalue weighted by Gasteiger charge is 2.18. The molecule has 0 saturated carbocycles. The lowest BCUT2D eigenvalue weighted by molar-refractivity contribution is 0.117. The molecule has 0 aliphatic carbocycles. The number of carbonyl (C=O) groups excluding carboxylic acids is 1. The fraction of sp³-hybridized carbons (Fsp3) is 0.333. The van der Waals surface area contributed by atoms with Gasteiger partial charge in [-0.05, 0) is 26.1 Å². The van der Waals surface area contributed by atoms with Crippen LogP contribution in [-0.2, 0) is 4.74 Å². The summed E-state index contributed by atoms with van der Waals surface area (Å²) in [4.78, 5) is 11.1. The molecule has 0 aromatic heterocycles. The van der Waals surface area contributed by atoms with Crippen molar-refractivity contribution in [3.05, 3.63) is 30.3 Å². The Morgan fingerprint density at radius 1 is 1.64 bits per heavy atom. The third-order valence-corrected chi connectivity index (χ3v) is 1.39. The Morgan fingerprint density at radius 2 is 2.36 bits per heavy atom. The SMILES string of the molecule is CC(C)OC(=O)N[C]1C=CNC=C1F. The number of alkyl carbamates (subject to hydrolysis) is 1. The summed E-state index contributed by atoms with van der Waals surface area (Å²) >= 11 is 0. The van der Waals surface area contributed by atoms with Crippen LogP contribution in [0.2, 0.25) is 0 Å². The van der Waals surface area contributed by atoms with E-state index in [4.69, 9.17) is 4.74 Å². The average Bonchev–Trinajstić information content (AvgIpc) is 2.07. The molecule has 2 N–H and O–H groups in total. The van der Waals surface area contributed by atoms with Crippen LogP contribution in [0.3, 0.4) is 0 Å². The van der Waals surface area contributed by atoms with Gasteiger partial charge in [-0.2, -0.15) is 0 Å². The minimum absolute atomic E-state index is 0.0920. The van der Waals surface area contributed by atoms with E-state index in [-0.39, 0.29) is 12.1 Å². The second kappa shape index (κ2) is 4.64. The minimum Gasteiger partial charge on any atom is -0.447 e. The smallest absolute Gasteiger partial charge is 0.408 e. The van der Waals surface area contributed by atoms with Crippen molar-refractivity contribution in [1.29, 1.82) is 0 Å². The minimum atomic E-state index is -0.662. The quantitative estimate of drug-likeness (QED) is 0.709. The van der Waals surface area contributed by atoms with Crippen molar-refractivity contribution in [2.75, 3.05) is 0 Å². The number of halogens is 1. The van der Waals surface area contributed by atoms with Crippen LogP contribution in [0.25, 0.3) is 0 Å². The molecule has 1 amide bonds. The predicted molar refractivity (Wildman–Crippen MR) is 49.5 cm³/mol. The summed E-state index contributed by atoms with van der Waals surface area (Å²) in [5.74, 6) is -0.534. The summed E-state index contributed by atoms with van der Waals surface area (Å²) < 4.78 is 17.8. The number of nitrogens with one attached hydrogen (secondary N) is 2. The lowest BCUT2D eigenvalue weighted by Crippen LogP contribution is -2.31. The zero-order valence-corrected chi connectivity index (χ0v) is 8.00. The Balaban J connectivity index is 2.43. The van der Waals surface area contributed by atoms with Gasteiger partial charge in [-0.1, -0.05) is 0 Å². The topological polar surface area (TPSA) is 50.4 Å². The molecule has 5 heteroatoms. The number of ether oxygens (including phenoxy) is 1. The zero-order chi connectivity index (χ0) is 10.6. The molecular formula is C9H12FN2O2. The van der Waals surface area contributed by atoms with E-state index < -0.39 is 11.9 Å². The van der Waals surface area contributed by atoms with Gasteiger partial charge in [-0.25, -0.2) is 9.18 Å². The third kappa shape index (κ3) is 3.08. The van der Waals surface area contributed by atoms with Gasteiger partial charge >= 0.3 is 6.09 Å². The molecular weight excluding hydrogens is 187 g/mol. The van der Waals surface area contributed by atoms with Crippen molar-refractivity contribution in [3.8, 4) is 0 Å². The second-order valence-electron chi connectivity index (χ2n) is 2.99. The molecule has 1 aliphatic heterocycles. The summed E-state index contributed by atoms with van der Waals surface area (Å²) in [5.41, 5.74) is 0. The summed E-state index contributed by atoms with van der Waals surface area (Å²) in [6.45, 7) is 3.43. The molecule has 4 nitrogen and oxygen atoms in total. The number of hydrogen-bond donors (Lipinski definition) is 2. The van der Waals surface area contributed by atoms with Gasteiger partial charge in [-0.3, -0.25) is 0 Å². The van der Waals surface area contributed by atoms with Crippen molar-refractivity contribution in [2.24, 2.45) is 0 Å². The maximum absolute atomic E-state index is 13.0. The molecule has 14 heavy (non-hydrogen) atoms. The lowest BCUT2D eigenvalue weighted by atomic mass is 10.2. The first-order valence-corrected chi connectivity index (χ1v) is 4.23. The van der Waals surface area contributed by atoms with E-state index in [2.05, 4.69) is 10.6 Å². The van der Waals surface area contributed by atoms with Crippen molar-refractivity contribution in [2.45, 2.75) is 20.0 Å². The molecule has 0 aromatic carbocycles. The zero-order valence-electron chi connectivity index (χ0n) is 8.00. The molecule has 0 aromatic rings. The predicted octanol–water partition coefficient (Wildman–Crippen LogP) is 1.58. The van der Waals surface area contributed by atoms with Gasteiger partial charge in [0.15, 0.2) is 0 Å². The maximum atomic E-state index is 13.0. The molecule has 0 atom stereocenters. The number of rotatable bonds is 2. The summed E-state index contributed by atoms with van der Waals surface area (Å²) in [5, 5.41) is 4.83. The molecule has 1 radical (unpaired) electrons. The molecule has 77 valence electrons. The van der Waals surface area contributed by atoms with E-state index in [0.717, 1.165) is 6.20 Å². The van der Waals surface area contributed by atoms with E-state index in [9.17, 15) is 9.18 Å². The second-order valence-corrected chi connectivity index (χ2v) is 2.99. The maximum Gasteiger partial charge on any atom is 0.408 e.